The van der Waals surface area contributed by atoms with Gasteiger partial charge in [-0.3, -0.25) is 14.6 Å². The minimum atomic E-state index is -0.671. The average molecular weight is 193 g/mol. The third kappa shape index (κ3) is 2.55. The molecule has 0 radical (unpaired) electrons. The van der Waals surface area contributed by atoms with Crippen LogP contribution in [0.25, 0.3) is 0 Å². The molecule has 5 nitrogen and oxygen atoms in total. The molecule has 1 heterocycles. The fourth-order valence-electron chi connectivity index (χ4n) is 0.854. The van der Waals surface area contributed by atoms with E-state index in [0.717, 1.165) is 0 Å². The number of carbonyl (C=O) groups excluding carboxylic acids is 2. The van der Waals surface area contributed by atoms with Crippen molar-refractivity contribution in [2.24, 2.45) is 5.73 Å². The number of rotatable bonds is 3. The van der Waals surface area contributed by atoms with E-state index in [1.54, 1.807) is 12.1 Å². The molecule has 14 heavy (non-hydrogen) atoms. The van der Waals surface area contributed by atoms with Gasteiger partial charge in [0.2, 0.25) is 5.91 Å². The monoisotopic (exact) mass is 193 g/mol. The number of aromatic nitrogens is 1. The van der Waals surface area contributed by atoms with Crippen molar-refractivity contribution in [1.29, 1.82) is 0 Å². The summed E-state index contributed by atoms with van der Waals surface area (Å²) in [5, 5.41) is 2.45. The van der Waals surface area contributed by atoms with Gasteiger partial charge in [-0.2, -0.15) is 0 Å². The molecule has 0 unspecified atom stereocenters. The zero-order chi connectivity index (χ0) is 10.6. The molecule has 1 aromatic rings. The van der Waals surface area contributed by atoms with Gasteiger partial charge < -0.3 is 11.1 Å². The van der Waals surface area contributed by atoms with Gasteiger partial charge in [0, 0.05) is 18.0 Å². The number of pyridine rings is 1. The van der Waals surface area contributed by atoms with Crippen LogP contribution in [0.1, 0.15) is 17.3 Å². The molecular weight excluding hydrogens is 182 g/mol. The summed E-state index contributed by atoms with van der Waals surface area (Å²) in [7, 11) is 0. The van der Waals surface area contributed by atoms with Crippen LogP contribution in [0.2, 0.25) is 0 Å². The van der Waals surface area contributed by atoms with Crippen LogP contribution >= 0.6 is 0 Å². The summed E-state index contributed by atoms with van der Waals surface area (Å²) in [6.07, 6.45) is 3.01. The van der Waals surface area contributed by atoms with Crippen LogP contribution in [0.3, 0.4) is 0 Å². The summed E-state index contributed by atoms with van der Waals surface area (Å²) < 4.78 is 0. The maximum absolute atomic E-state index is 11.4. The highest BCUT2D eigenvalue weighted by molar-refractivity contribution is 5.96. The van der Waals surface area contributed by atoms with E-state index in [9.17, 15) is 9.59 Å². The summed E-state index contributed by atoms with van der Waals surface area (Å²) in [4.78, 5) is 25.8. The van der Waals surface area contributed by atoms with Gasteiger partial charge in [0.15, 0.2) is 0 Å². The first-order chi connectivity index (χ1) is 6.61. The maximum Gasteiger partial charge on any atom is 0.252 e. The molecule has 3 N–H and O–H groups in total. The molecule has 0 saturated carbocycles. The third-order valence-corrected chi connectivity index (χ3v) is 1.72. The van der Waals surface area contributed by atoms with Gasteiger partial charge >= 0.3 is 0 Å². The SMILES string of the molecule is C[C@H](NC(=O)c1ccncc1)C(N)=O. The van der Waals surface area contributed by atoms with Gasteiger partial charge in [-0.15, -0.1) is 0 Å². The lowest BCUT2D eigenvalue weighted by Crippen LogP contribution is -2.42. The van der Waals surface area contributed by atoms with E-state index in [1.807, 2.05) is 0 Å². The van der Waals surface area contributed by atoms with Crippen LogP contribution < -0.4 is 11.1 Å². The van der Waals surface area contributed by atoms with Gasteiger partial charge in [-0.25, -0.2) is 0 Å². The minimum Gasteiger partial charge on any atom is -0.368 e. The number of hydrogen-bond donors (Lipinski definition) is 2. The Morgan fingerprint density at radius 3 is 2.50 bits per heavy atom. The van der Waals surface area contributed by atoms with E-state index < -0.39 is 11.9 Å². The fraction of sp³-hybridized carbons (Fsp3) is 0.222. The van der Waals surface area contributed by atoms with Crippen molar-refractivity contribution in [3.8, 4) is 0 Å². The number of primary amides is 1. The molecule has 0 aromatic carbocycles. The van der Waals surface area contributed by atoms with Crippen molar-refractivity contribution in [2.45, 2.75) is 13.0 Å². The Balaban J connectivity index is 2.64. The van der Waals surface area contributed by atoms with Crippen molar-refractivity contribution in [1.82, 2.24) is 10.3 Å². The summed E-state index contributed by atoms with van der Waals surface area (Å²) in [6, 6.07) is 2.45. The van der Waals surface area contributed by atoms with Crippen molar-refractivity contribution < 1.29 is 9.59 Å². The normalized spacial score (nSPS) is 11.8. The largest absolute Gasteiger partial charge is 0.368 e. The predicted molar refractivity (Wildman–Crippen MR) is 50.4 cm³/mol. The lowest BCUT2D eigenvalue weighted by atomic mass is 10.2. The number of hydrogen-bond acceptors (Lipinski definition) is 3. The van der Waals surface area contributed by atoms with Gasteiger partial charge in [-0.1, -0.05) is 0 Å². The lowest BCUT2D eigenvalue weighted by Gasteiger charge is -2.09. The highest BCUT2D eigenvalue weighted by Gasteiger charge is 2.12. The molecule has 0 aliphatic carbocycles. The molecule has 1 rings (SSSR count). The Labute approximate surface area is 81.3 Å². The van der Waals surface area contributed by atoms with Crippen molar-refractivity contribution in [2.75, 3.05) is 0 Å². The van der Waals surface area contributed by atoms with E-state index in [-0.39, 0.29) is 5.91 Å². The van der Waals surface area contributed by atoms with E-state index in [2.05, 4.69) is 10.3 Å². The van der Waals surface area contributed by atoms with E-state index >= 15 is 0 Å². The first-order valence-corrected chi connectivity index (χ1v) is 4.11. The Kier molecular flexibility index (Phi) is 3.17. The molecule has 0 spiro atoms. The summed E-state index contributed by atoms with van der Waals surface area (Å²) in [5.74, 6) is -0.897. The highest BCUT2D eigenvalue weighted by Crippen LogP contribution is 1.96. The van der Waals surface area contributed by atoms with Gasteiger partial charge in [0.05, 0.1) is 0 Å². The molecule has 74 valence electrons. The first-order valence-electron chi connectivity index (χ1n) is 4.11. The molecule has 0 aliphatic heterocycles. The van der Waals surface area contributed by atoms with Gasteiger partial charge in [0.1, 0.15) is 6.04 Å². The number of amides is 2. The molecule has 0 bridgehead atoms. The van der Waals surface area contributed by atoms with Crippen LogP contribution in [-0.2, 0) is 4.79 Å². The number of nitrogens with two attached hydrogens (primary N) is 1. The Morgan fingerprint density at radius 1 is 1.43 bits per heavy atom. The van der Waals surface area contributed by atoms with Crippen LogP contribution in [0.5, 0.6) is 0 Å². The number of nitrogens with one attached hydrogen (secondary N) is 1. The molecule has 2 amide bonds. The standard InChI is InChI=1S/C9H11N3O2/c1-6(8(10)13)12-9(14)7-2-4-11-5-3-7/h2-6H,1H3,(H2,10,13)(H,12,14)/t6-/m0/s1. The predicted octanol–water partition coefficient (Wildman–Crippen LogP) is -0.315. The van der Waals surface area contributed by atoms with Crippen molar-refractivity contribution >= 4 is 11.8 Å². The van der Waals surface area contributed by atoms with E-state index in [1.165, 1.54) is 19.3 Å². The summed E-state index contributed by atoms with van der Waals surface area (Å²) in [6.45, 7) is 1.53. The van der Waals surface area contributed by atoms with E-state index in [4.69, 9.17) is 5.73 Å². The summed E-state index contributed by atoms with van der Waals surface area (Å²) in [5.41, 5.74) is 5.45. The molecule has 0 aliphatic rings. The fourth-order valence-corrected chi connectivity index (χ4v) is 0.854. The molecule has 1 aromatic heterocycles. The molecule has 0 saturated heterocycles. The second kappa shape index (κ2) is 4.36. The zero-order valence-corrected chi connectivity index (χ0v) is 7.73. The van der Waals surface area contributed by atoms with Crippen molar-refractivity contribution in [3.63, 3.8) is 0 Å². The highest BCUT2D eigenvalue weighted by atomic mass is 16.2. The molecular formula is C9H11N3O2. The van der Waals surface area contributed by atoms with Crippen LogP contribution in [0.4, 0.5) is 0 Å². The Bertz CT molecular complexity index is 337. The molecule has 0 fully saturated rings. The van der Waals surface area contributed by atoms with Gasteiger partial charge in [0.25, 0.3) is 5.91 Å². The number of carbonyl (C=O) groups is 2. The van der Waals surface area contributed by atoms with Crippen LogP contribution in [0.15, 0.2) is 24.5 Å². The number of nitrogens with zero attached hydrogens (tertiary/aromatic N) is 1. The van der Waals surface area contributed by atoms with Crippen molar-refractivity contribution in [3.05, 3.63) is 30.1 Å². The van der Waals surface area contributed by atoms with Crippen LogP contribution in [0, 0.1) is 0 Å². The Hall–Kier alpha value is -1.91. The quantitative estimate of drug-likeness (QED) is 0.690. The first kappa shape index (κ1) is 10.2. The Morgan fingerprint density at radius 2 is 2.00 bits per heavy atom. The van der Waals surface area contributed by atoms with Gasteiger partial charge in [-0.05, 0) is 19.1 Å². The summed E-state index contributed by atoms with van der Waals surface area (Å²) >= 11 is 0. The second-order valence-electron chi connectivity index (χ2n) is 2.83. The minimum absolute atomic E-state index is 0.335. The smallest absolute Gasteiger partial charge is 0.252 e. The third-order valence-electron chi connectivity index (χ3n) is 1.72. The molecule has 1 atom stereocenters. The molecule has 5 heteroatoms. The lowest BCUT2D eigenvalue weighted by molar-refractivity contribution is -0.119. The van der Waals surface area contributed by atoms with E-state index in [0.29, 0.717) is 5.56 Å². The van der Waals surface area contributed by atoms with Crippen LogP contribution in [-0.4, -0.2) is 22.8 Å². The average Bonchev–Trinajstić information content (AvgIpc) is 2.19. The second-order valence-corrected chi connectivity index (χ2v) is 2.83. The zero-order valence-electron chi connectivity index (χ0n) is 7.73. The topological polar surface area (TPSA) is 85.1 Å². The maximum atomic E-state index is 11.4.